The van der Waals surface area contributed by atoms with Crippen molar-refractivity contribution in [3.8, 4) is 0 Å². The summed E-state index contributed by atoms with van der Waals surface area (Å²) in [4.78, 5) is 0. The first-order chi connectivity index (χ1) is 10.3. The van der Waals surface area contributed by atoms with Crippen LogP contribution in [0.15, 0.2) is 0 Å². The minimum atomic E-state index is 0.507. The van der Waals surface area contributed by atoms with Crippen LogP contribution in [-0.4, -0.2) is 12.2 Å². The maximum Gasteiger partial charge on any atom is 0.0576 e. The summed E-state index contributed by atoms with van der Waals surface area (Å²) in [6.45, 7) is 9.13. The summed E-state index contributed by atoms with van der Waals surface area (Å²) in [6, 6.07) is 0. The molecule has 0 bridgehead atoms. The van der Waals surface area contributed by atoms with Gasteiger partial charge in [0.15, 0.2) is 0 Å². The Morgan fingerprint density at radius 1 is 0.524 bits per heavy atom. The third kappa shape index (κ3) is 13.4. The molecule has 1 heteroatoms. The minimum absolute atomic E-state index is 0.507. The second kappa shape index (κ2) is 16.3. The lowest BCUT2D eigenvalue weighted by molar-refractivity contribution is -0.0257. The summed E-state index contributed by atoms with van der Waals surface area (Å²) in [5, 5.41) is 0. The Balaban J connectivity index is 3.73. The van der Waals surface area contributed by atoms with Crippen LogP contribution in [0.5, 0.6) is 0 Å². The summed E-state index contributed by atoms with van der Waals surface area (Å²) < 4.78 is 6.36. The third-order valence-corrected chi connectivity index (χ3v) is 4.55. The van der Waals surface area contributed by atoms with Gasteiger partial charge in [-0.25, -0.2) is 0 Å². The Bertz CT molecular complexity index is 170. The highest BCUT2D eigenvalue weighted by Crippen LogP contribution is 2.18. The van der Waals surface area contributed by atoms with Crippen molar-refractivity contribution in [1.29, 1.82) is 0 Å². The van der Waals surface area contributed by atoms with Crippen molar-refractivity contribution in [2.24, 2.45) is 0 Å². The van der Waals surface area contributed by atoms with Gasteiger partial charge in [0.05, 0.1) is 12.2 Å². The largest absolute Gasteiger partial charge is 0.375 e. The predicted molar refractivity (Wildman–Crippen MR) is 96.0 cm³/mol. The molecule has 0 aliphatic carbocycles. The first-order valence-corrected chi connectivity index (χ1v) is 9.93. The molecule has 0 aliphatic heterocycles. The Kier molecular flexibility index (Phi) is 16.3. The predicted octanol–water partition coefficient (Wildman–Crippen LogP) is 7.28. The summed E-state index contributed by atoms with van der Waals surface area (Å²) >= 11 is 0. The van der Waals surface area contributed by atoms with E-state index in [2.05, 4.69) is 27.7 Å². The maximum absolute atomic E-state index is 6.36. The van der Waals surface area contributed by atoms with E-state index in [4.69, 9.17) is 4.74 Å². The van der Waals surface area contributed by atoms with Gasteiger partial charge in [0.2, 0.25) is 0 Å². The van der Waals surface area contributed by atoms with Gasteiger partial charge in [-0.2, -0.15) is 0 Å². The molecule has 0 N–H and O–H groups in total. The van der Waals surface area contributed by atoms with Crippen molar-refractivity contribution in [1.82, 2.24) is 0 Å². The van der Waals surface area contributed by atoms with Crippen molar-refractivity contribution in [3.05, 3.63) is 0 Å². The van der Waals surface area contributed by atoms with E-state index in [0.717, 1.165) is 0 Å². The van der Waals surface area contributed by atoms with Crippen LogP contribution in [-0.2, 0) is 4.74 Å². The van der Waals surface area contributed by atoms with E-state index in [0.29, 0.717) is 12.2 Å². The third-order valence-electron chi connectivity index (χ3n) is 4.55. The van der Waals surface area contributed by atoms with Crippen LogP contribution in [0.25, 0.3) is 0 Å². The average molecular weight is 299 g/mol. The van der Waals surface area contributed by atoms with Crippen molar-refractivity contribution in [2.45, 2.75) is 130 Å². The molecule has 0 aromatic rings. The zero-order valence-corrected chi connectivity index (χ0v) is 15.5. The van der Waals surface area contributed by atoms with Gasteiger partial charge < -0.3 is 4.74 Å². The average Bonchev–Trinajstić information content (AvgIpc) is 2.51. The summed E-state index contributed by atoms with van der Waals surface area (Å²) in [5.74, 6) is 0. The Morgan fingerprint density at radius 2 is 0.905 bits per heavy atom. The van der Waals surface area contributed by atoms with Gasteiger partial charge in [0.1, 0.15) is 0 Å². The first-order valence-electron chi connectivity index (χ1n) is 9.93. The monoisotopic (exact) mass is 298 g/mol. The van der Waals surface area contributed by atoms with Gasteiger partial charge in [-0.15, -0.1) is 0 Å². The van der Waals surface area contributed by atoms with E-state index in [1.165, 1.54) is 89.9 Å². The zero-order valence-electron chi connectivity index (χ0n) is 15.5. The molecule has 21 heavy (non-hydrogen) atoms. The molecule has 128 valence electrons. The summed E-state index contributed by atoms with van der Waals surface area (Å²) in [7, 11) is 0. The van der Waals surface area contributed by atoms with E-state index < -0.39 is 0 Å². The molecule has 2 atom stereocenters. The Morgan fingerprint density at radius 3 is 1.24 bits per heavy atom. The maximum atomic E-state index is 6.36. The Hall–Kier alpha value is -0.0400. The minimum Gasteiger partial charge on any atom is -0.375 e. The number of ether oxygens (including phenoxy) is 1. The number of hydrogen-bond acceptors (Lipinski definition) is 1. The standard InChI is InChI=1S/C20H42O/c1-5-9-11-13-15-17-19(7-3)21-20(8-4)18-16-14-12-10-6-2/h19-20H,5-18H2,1-4H3. The van der Waals surface area contributed by atoms with E-state index in [-0.39, 0.29) is 0 Å². The second-order valence-corrected chi connectivity index (χ2v) is 6.60. The lowest BCUT2D eigenvalue weighted by Crippen LogP contribution is -2.21. The summed E-state index contributed by atoms with van der Waals surface area (Å²) in [6.07, 6.45) is 19.7. The van der Waals surface area contributed by atoms with Gasteiger partial charge in [-0.05, 0) is 25.7 Å². The molecule has 0 heterocycles. The molecule has 0 rings (SSSR count). The fourth-order valence-corrected chi connectivity index (χ4v) is 2.96. The molecular formula is C20H42O. The van der Waals surface area contributed by atoms with Crippen LogP contribution in [0.2, 0.25) is 0 Å². The molecule has 0 spiro atoms. The molecule has 2 unspecified atom stereocenters. The Labute approximate surface area is 135 Å². The molecule has 0 radical (unpaired) electrons. The number of rotatable bonds is 16. The van der Waals surface area contributed by atoms with Crippen molar-refractivity contribution >= 4 is 0 Å². The van der Waals surface area contributed by atoms with Crippen LogP contribution in [0, 0.1) is 0 Å². The van der Waals surface area contributed by atoms with Gasteiger partial charge in [-0.3, -0.25) is 0 Å². The van der Waals surface area contributed by atoms with Crippen LogP contribution >= 0.6 is 0 Å². The lowest BCUT2D eigenvalue weighted by Gasteiger charge is -2.23. The molecule has 1 nitrogen and oxygen atoms in total. The van der Waals surface area contributed by atoms with Crippen LogP contribution in [0.4, 0.5) is 0 Å². The van der Waals surface area contributed by atoms with E-state index in [1.807, 2.05) is 0 Å². The normalized spacial score (nSPS) is 14.3. The fourth-order valence-electron chi connectivity index (χ4n) is 2.96. The van der Waals surface area contributed by atoms with Crippen LogP contribution in [0.3, 0.4) is 0 Å². The molecule has 0 aromatic heterocycles. The molecule has 0 aromatic carbocycles. The highest BCUT2D eigenvalue weighted by molar-refractivity contribution is 4.63. The molecule has 0 saturated carbocycles. The van der Waals surface area contributed by atoms with Crippen molar-refractivity contribution in [3.63, 3.8) is 0 Å². The number of unbranched alkanes of at least 4 members (excludes halogenated alkanes) is 8. The van der Waals surface area contributed by atoms with Crippen molar-refractivity contribution in [2.75, 3.05) is 0 Å². The SMILES string of the molecule is CCCCCCCC(CC)OC(CC)CCCCCCC. The zero-order chi connectivity index (χ0) is 15.8. The second-order valence-electron chi connectivity index (χ2n) is 6.60. The van der Waals surface area contributed by atoms with Gasteiger partial charge in [-0.1, -0.05) is 91.9 Å². The lowest BCUT2D eigenvalue weighted by atomic mass is 10.0. The molecule has 0 saturated heterocycles. The van der Waals surface area contributed by atoms with E-state index in [1.54, 1.807) is 0 Å². The smallest absolute Gasteiger partial charge is 0.0576 e. The van der Waals surface area contributed by atoms with Crippen molar-refractivity contribution < 1.29 is 4.74 Å². The van der Waals surface area contributed by atoms with Crippen LogP contribution in [0.1, 0.15) is 118 Å². The van der Waals surface area contributed by atoms with Crippen LogP contribution < -0.4 is 0 Å². The molecule has 0 amide bonds. The highest BCUT2D eigenvalue weighted by Gasteiger charge is 2.13. The highest BCUT2D eigenvalue weighted by atomic mass is 16.5. The van der Waals surface area contributed by atoms with Gasteiger partial charge in [0, 0.05) is 0 Å². The van der Waals surface area contributed by atoms with E-state index in [9.17, 15) is 0 Å². The van der Waals surface area contributed by atoms with Gasteiger partial charge >= 0.3 is 0 Å². The first kappa shape index (κ1) is 21.0. The van der Waals surface area contributed by atoms with Gasteiger partial charge in [0.25, 0.3) is 0 Å². The number of hydrogen-bond donors (Lipinski definition) is 0. The molecular weight excluding hydrogens is 256 g/mol. The fraction of sp³-hybridized carbons (Fsp3) is 1.00. The summed E-state index contributed by atoms with van der Waals surface area (Å²) in [5.41, 5.74) is 0. The molecule has 0 fully saturated rings. The van der Waals surface area contributed by atoms with E-state index >= 15 is 0 Å². The quantitative estimate of drug-likeness (QED) is 0.272. The topological polar surface area (TPSA) is 9.23 Å². The molecule has 0 aliphatic rings.